The summed E-state index contributed by atoms with van der Waals surface area (Å²) >= 11 is 1.37. The van der Waals surface area contributed by atoms with Crippen LogP contribution in [0.25, 0.3) is 16.7 Å². The van der Waals surface area contributed by atoms with Gasteiger partial charge in [0.2, 0.25) is 5.95 Å². The molecule has 0 unspecified atom stereocenters. The number of fused-ring (bicyclic) bond motifs is 1. The van der Waals surface area contributed by atoms with E-state index in [1.165, 1.54) is 18.2 Å². The van der Waals surface area contributed by atoms with Crippen molar-refractivity contribution in [2.45, 2.75) is 36.7 Å². The van der Waals surface area contributed by atoms with Crippen LogP contribution in [0.1, 0.15) is 31.6 Å². The number of alkyl halides is 2. The molecular weight excluding hydrogens is 418 g/mol. The van der Waals surface area contributed by atoms with Gasteiger partial charge in [-0.1, -0.05) is 42.1 Å². The summed E-state index contributed by atoms with van der Waals surface area (Å²) in [5, 5.41) is 9.56. The first kappa shape index (κ1) is 20.0. The number of piperidine rings is 1. The molecular formula is C22H22F2N6S. The van der Waals surface area contributed by atoms with Crippen molar-refractivity contribution >= 4 is 28.7 Å². The second-order valence-electron chi connectivity index (χ2n) is 7.45. The number of halogens is 2. The molecule has 0 bridgehead atoms. The third kappa shape index (κ3) is 3.89. The van der Waals surface area contributed by atoms with Crippen molar-refractivity contribution in [3.8, 4) is 5.69 Å². The highest BCUT2D eigenvalue weighted by atomic mass is 32.2. The predicted molar refractivity (Wildman–Crippen MR) is 118 cm³/mol. The van der Waals surface area contributed by atoms with Crippen LogP contribution in [0.4, 0.5) is 14.7 Å². The second-order valence-corrected chi connectivity index (χ2v) is 8.40. The Bertz CT molecular complexity index is 1170. The van der Waals surface area contributed by atoms with Crippen molar-refractivity contribution in [1.29, 1.82) is 0 Å². The zero-order valence-electron chi connectivity index (χ0n) is 16.9. The Morgan fingerprint density at radius 1 is 0.903 bits per heavy atom. The maximum absolute atomic E-state index is 13.8. The predicted octanol–water partition coefficient (Wildman–Crippen LogP) is 5.29. The number of para-hydroxylation sites is 3. The zero-order valence-corrected chi connectivity index (χ0v) is 17.7. The number of hydrogen-bond acceptors (Lipinski definition) is 5. The maximum atomic E-state index is 13.8. The van der Waals surface area contributed by atoms with Crippen LogP contribution in [0.15, 0.2) is 59.8 Å². The van der Waals surface area contributed by atoms with E-state index in [4.69, 9.17) is 0 Å². The average molecular weight is 441 g/mol. The van der Waals surface area contributed by atoms with E-state index in [2.05, 4.69) is 20.1 Å². The summed E-state index contributed by atoms with van der Waals surface area (Å²) in [6.07, 6.45) is 3.48. The Hall–Kier alpha value is -2.94. The smallest absolute Gasteiger partial charge is 0.320 e. The molecule has 2 aromatic carbocycles. The fourth-order valence-corrected chi connectivity index (χ4v) is 4.88. The number of aromatic nitrogens is 5. The molecule has 0 radical (unpaired) electrons. The molecule has 6 nitrogen and oxygen atoms in total. The topological polar surface area (TPSA) is 51.8 Å². The summed E-state index contributed by atoms with van der Waals surface area (Å²) in [6, 6.07) is 16.9. The van der Waals surface area contributed by atoms with E-state index in [0.29, 0.717) is 22.0 Å². The number of rotatable bonds is 6. The second kappa shape index (κ2) is 8.66. The number of thioether (sulfide) groups is 1. The first-order valence-corrected chi connectivity index (χ1v) is 11.3. The van der Waals surface area contributed by atoms with Crippen molar-refractivity contribution < 1.29 is 8.78 Å². The summed E-state index contributed by atoms with van der Waals surface area (Å²) in [5.41, 5.74) is 1.96. The van der Waals surface area contributed by atoms with Crippen LogP contribution in [-0.4, -0.2) is 37.4 Å². The molecule has 1 saturated heterocycles. The van der Waals surface area contributed by atoms with Crippen molar-refractivity contribution in [2.24, 2.45) is 0 Å². The number of benzene rings is 2. The Kier molecular flexibility index (Phi) is 5.59. The number of hydrogen-bond donors (Lipinski definition) is 0. The first-order chi connectivity index (χ1) is 15.2. The van der Waals surface area contributed by atoms with Gasteiger partial charge in [0.15, 0.2) is 5.16 Å². The third-order valence-electron chi connectivity index (χ3n) is 5.46. The van der Waals surface area contributed by atoms with Gasteiger partial charge in [-0.15, -0.1) is 10.2 Å². The molecule has 31 heavy (non-hydrogen) atoms. The van der Waals surface area contributed by atoms with Crippen molar-refractivity contribution in [1.82, 2.24) is 24.3 Å². The summed E-state index contributed by atoms with van der Waals surface area (Å²) in [5.74, 6) is 1.39. The molecule has 4 aromatic rings. The van der Waals surface area contributed by atoms with E-state index in [-0.39, 0.29) is 5.75 Å². The summed E-state index contributed by atoms with van der Waals surface area (Å²) in [4.78, 5) is 6.69. The van der Waals surface area contributed by atoms with Gasteiger partial charge in [-0.05, 0) is 43.5 Å². The van der Waals surface area contributed by atoms with E-state index in [1.54, 1.807) is 24.3 Å². The molecule has 0 aliphatic carbocycles. The van der Waals surface area contributed by atoms with Crippen LogP contribution in [0, 0.1) is 0 Å². The summed E-state index contributed by atoms with van der Waals surface area (Å²) in [6.45, 7) is -0.771. The van der Waals surface area contributed by atoms with Crippen molar-refractivity contribution in [2.75, 3.05) is 18.0 Å². The lowest BCUT2D eigenvalue weighted by Gasteiger charge is -2.27. The number of imidazole rings is 1. The molecule has 0 N–H and O–H groups in total. The third-order valence-corrected chi connectivity index (χ3v) is 6.39. The lowest BCUT2D eigenvalue weighted by atomic mass is 10.1. The van der Waals surface area contributed by atoms with Crippen molar-refractivity contribution in [3.05, 3.63) is 60.4 Å². The monoisotopic (exact) mass is 440 g/mol. The largest absolute Gasteiger partial charge is 0.341 e. The molecule has 1 fully saturated rings. The highest BCUT2D eigenvalue weighted by molar-refractivity contribution is 7.98. The van der Waals surface area contributed by atoms with Gasteiger partial charge in [0.1, 0.15) is 5.82 Å². The lowest BCUT2D eigenvalue weighted by Crippen LogP contribution is -2.31. The fraction of sp³-hybridized carbons (Fsp3) is 0.318. The van der Waals surface area contributed by atoms with Crippen LogP contribution < -0.4 is 4.90 Å². The molecule has 0 saturated carbocycles. The molecule has 1 aliphatic rings. The Balaban J connectivity index is 1.49. The number of nitrogens with zero attached hydrogens (tertiary/aromatic N) is 6. The molecule has 3 heterocycles. The lowest BCUT2D eigenvalue weighted by molar-refractivity contribution is 0.0722. The Labute approximate surface area is 182 Å². The van der Waals surface area contributed by atoms with Gasteiger partial charge in [0.05, 0.1) is 22.5 Å². The van der Waals surface area contributed by atoms with Crippen molar-refractivity contribution in [3.63, 3.8) is 0 Å². The molecule has 1 aliphatic heterocycles. The SMILES string of the molecule is FC(F)n1c(CSc2nnc(N3CCCCC3)n2-c2ccccc2)nc2ccccc21. The highest BCUT2D eigenvalue weighted by Gasteiger charge is 2.23. The van der Waals surface area contributed by atoms with Crippen LogP contribution in [0.3, 0.4) is 0 Å². The number of anilines is 1. The minimum atomic E-state index is -2.65. The van der Waals surface area contributed by atoms with Gasteiger partial charge >= 0.3 is 6.55 Å². The Morgan fingerprint density at radius 3 is 2.42 bits per heavy atom. The van der Waals surface area contributed by atoms with Crippen LogP contribution in [0.5, 0.6) is 0 Å². The molecule has 0 amide bonds. The van der Waals surface area contributed by atoms with E-state index in [1.807, 2.05) is 34.9 Å². The molecule has 5 rings (SSSR count). The first-order valence-electron chi connectivity index (χ1n) is 10.3. The molecule has 0 spiro atoms. The van der Waals surface area contributed by atoms with Gasteiger partial charge in [-0.2, -0.15) is 8.78 Å². The molecule has 9 heteroatoms. The van der Waals surface area contributed by atoms with Gasteiger partial charge in [0.25, 0.3) is 0 Å². The van der Waals surface area contributed by atoms with Gasteiger partial charge in [0, 0.05) is 13.1 Å². The summed E-state index contributed by atoms with van der Waals surface area (Å²) in [7, 11) is 0. The highest BCUT2D eigenvalue weighted by Crippen LogP contribution is 2.32. The van der Waals surface area contributed by atoms with Crippen LogP contribution in [-0.2, 0) is 5.75 Å². The van der Waals surface area contributed by atoms with Crippen LogP contribution in [0.2, 0.25) is 0 Å². The normalized spacial score (nSPS) is 14.6. The van der Waals surface area contributed by atoms with E-state index >= 15 is 0 Å². The summed E-state index contributed by atoms with van der Waals surface area (Å²) < 4.78 is 30.6. The van der Waals surface area contributed by atoms with E-state index < -0.39 is 6.55 Å². The standard InChI is InChI=1S/C22H22F2N6S/c23-20(24)30-18-12-6-5-11-17(18)25-19(30)15-31-22-27-26-21(28-13-7-2-8-14-28)29(22)16-9-3-1-4-10-16/h1,3-6,9-12,20H,2,7-8,13-15H2. The van der Waals surface area contributed by atoms with Gasteiger partial charge in [-0.3, -0.25) is 9.13 Å². The quantitative estimate of drug-likeness (QED) is 0.381. The Morgan fingerprint density at radius 2 is 1.65 bits per heavy atom. The molecule has 2 aromatic heterocycles. The van der Waals surface area contributed by atoms with Gasteiger partial charge < -0.3 is 4.90 Å². The van der Waals surface area contributed by atoms with E-state index in [9.17, 15) is 8.78 Å². The van der Waals surface area contributed by atoms with E-state index in [0.717, 1.165) is 42.1 Å². The maximum Gasteiger partial charge on any atom is 0.320 e. The van der Waals surface area contributed by atoms with Gasteiger partial charge in [-0.25, -0.2) is 4.98 Å². The average Bonchev–Trinajstić information content (AvgIpc) is 3.40. The van der Waals surface area contributed by atoms with Crippen LogP contribution >= 0.6 is 11.8 Å². The molecule has 0 atom stereocenters. The molecule has 160 valence electrons. The fourth-order valence-electron chi connectivity index (χ4n) is 4.00. The zero-order chi connectivity index (χ0) is 21.2. The minimum Gasteiger partial charge on any atom is -0.341 e. The minimum absolute atomic E-state index is 0.268.